The highest BCUT2D eigenvalue weighted by molar-refractivity contribution is 6.30. The number of rotatable bonds is 5. The van der Waals surface area contributed by atoms with Gasteiger partial charge >= 0.3 is 5.97 Å². The molecule has 0 saturated heterocycles. The molecule has 2 aromatic rings. The molecule has 0 aromatic heterocycles. The quantitative estimate of drug-likeness (QED) is 0.840. The summed E-state index contributed by atoms with van der Waals surface area (Å²) in [6.07, 6.45) is 0.562. The predicted octanol–water partition coefficient (Wildman–Crippen LogP) is 4.23. The van der Waals surface area contributed by atoms with Gasteiger partial charge in [-0.15, -0.1) is 0 Å². The number of carbonyl (C=O) groups is 1. The number of methoxy groups -OCH3 is 1. The van der Waals surface area contributed by atoms with E-state index in [-0.39, 0.29) is 5.97 Å². The Kier molecular flexibility index (Phi) is 4.86. The van der Waals surface area contributed by atoms with Crippen molar-refractivity contribution in [3.8, 4) is 0 Å². The van der Waals surface area contributed by atoms with E-state index < -0.39 is 5.54 Å². The summed E-state index contributed by atoms with van der Waals surface area (Å²) >= 11 is 5.90. The molecule has 0 fully saturated rings. The Balaban J connectivity index is 2.45. The fourth-order valence-electron chi connectivity index (χ4n) is 2.35. The third kappa shape index (κ3) is 3.19. The van der Waals surface area contributed by atoms with Crippen LogP contribution >= 0.6 is 11.6 Å². The van der Waals surface area contributed by atoms with E-state index in [1.54, 1.807) is 12.1 Å². The first kappa shape index (κ1) is 15.4. The van der Waals surface area contributed by atoms with Gasteiger partial charge in [-0.3, -0.25) is 0 Å². The van der Waals surface area contributed by atoms with Crippen LogP contribution in [0, 0.1) is 0 Å². The van der Waals surface area contributed by atoms with Crippen LogP contribution in [0.3, 0.4) is 0 Å². The van der Waals surface area contributed by atoms with Crippen LogP contribution in [-0.2, 0) is 15.1 Å². The summed E-state index contributed by atoms with van der Waals surface area (Å²) in [5.74, 6) is -0.314. The number of hydrogen-bond acceptors (Lipinski definition) is 3. The lowest BCUT2D eigenvalue weighted by Gasteiger charge is -2.32. The summed E-state index contributed by atoms with van der Waals surface area (Å²) in [5.41, 5.74) is 0.772. The molecule has 3 nitrogen and oxygen atoms in total. The maximum absolute atomic E-state index is 12.4. The summed E-state index contributed by atoms with van der Waals surface area (Å²) in [6.45, 7) is 1.95. The highest BCUT2D eigenvalue weighted by atomic mass is 35.5. The zero-order valence-electron chi connectivity index (χ0n) is 12.1. The summed E-state index contributed by atoms with van der Waals surface area (Å²) in [6, 6.07) is 16.8. The molecule has 1 N–H and O–H groups in total. The fourth-order valence-corrected chi connectivity index (χ4v) is 2.48. The number of ether oxygens (including phenoxy) is 1. The second-order valence-electron chi connectivity index (χ2n) is 4.75. The minimum Gasteiger partial charge on any atom is -0.467 e. The molecule has 110 valence electrons. The average molecular weight is 304 g/mol. The molecule has 0 radical (unpaired) electrons. The van der Waals surface area contributed by atoms with Gasteiger partial charge in [0.1, 0.15) is 0 Å². The molecule has 0 saturated carbocycles. The third-order valence-corrected chi connectivity index (χ3v) is 3.78. The number of anilines is 1. The number of esters is 1. The molecule has 21 heavy (non-hydrogen) atoms. The molecule has 0 heterocycles. The van der Waals surface area contributed by atoms with Gasteiger partial charge in [0, 0.05) is 10.7 Å². The van der Waals surface area contributed by atoms with Gasteiger partial charge in [0.2, 0.25) is 0 Å². The molecular weight excluding hydrogens is 286 g/mol. The Bertz CT molecular complexity index is 598. The van der Waals surface area contributed by atoms with Crippen molar-refractivity contribution in [1.29, 1.82) is 0 Å². The van der Waals surface area contributed by atoms with Crippen molar-refractivity contribution in [2.24, 2.45) is 0 Å². The second kappa shape index (κ2) is 6.64. The van der Waals surface area contributed by atoms with Crippen molar-refractivity contribution < 1.29 is 9.53 Å². The van der Waals surface area contributed by atoms with Gasteiger partial charge in [0.15, 0.2) is 5.54 Å². The highest BCUT2D eigenvalue weighted by Crippen LogP contribution is 2.31. The number of carbonyl (C=O) groups excluding carboxylic acids is 1. The van der Waals surface area contributed by atoms with Gasteiger partial charge in [0.05, 0.1) is 7.11 Å². The summed E-state index contributed by atoms with van der Waals surface area (Å²) < 4.78 is 5.03. The van der Waals surface area contributed by atoms with E-state index in [1.807, 2.05) is 49.4 Å². The summed E-state index contributed by atoms with van der Waals surface area (Å²) in [7, 11) is 1.40. The number of halogens is 1. The lowest BCUT2D eigenvalue weighted by Crippen LogP contribution is -2.43. The maximum atomic E-state index is 12.4. The molecule has 2 rings (SSSR count). The monoisotopic (exact) mass is 303 g/mol. The molecule has 1 atom stereocenters. The molecule has 4 heteroatoms. The highest BCUT2D eigenvalue weighted by Gasteiger charge is 2.39. The molecule has 0 spiro atoms. The van der Waals surface area contributed by atoms with Gasteiger partial charge in [-0.2, -0.15) is 0 Å². The normalized spacial score (nSPS) is 13.3. The molecule has 1 unspecified atom stereocenters. The van der Waals surface area contributed by atoms with Gasteiger partial charge in [-0.25, -0.2) is 4.79 Å². The van der Waals surface area contributed by atoms with E-state index in [0.29, 0.717) is 11.4 Å². The van der Waals surface area contributed by atoms with Crippen LogP contribution in [-0.4, -0.2) is 13.1 Å². The predicted molar refractivity (Wildman–Crippen MR) is 85.5 cm³/mol. The molecule has 0 amide bonds. The van der Waals surface area contributed by atoms with Crippen LogP contribution in [0.4, 0.5) is 5.69 Å². The van der Waals surface area contributed by atoms with Crippen LogP contribution in [0.2, 0.25) is 5.02 Å². The first-order valence-electron chi connectivity index (χ1n) is 6.80. The van der Waals surface area contributed by atoms with Crippen molar-refractivity contribution >= 4 is 23.3 Å². The fraction of sp³-hybridized carbons (Fsp3) is 0.235. The summed E-state index contributed by atoms with van der Waals surface area (Å²) in [4.78, 5) is 12.4. The van der Waals surface area contributed by atoms with E-state index in [0.717, 1.165) is 11.3 Å². The van der Waals surface area contributed by atoms with Crippen LogP contribution in [0.25, 0.3) is 0 Å². The van der Waals surface area contributed by atoms with Gasteiger partial charge in [0.25, 0.3) is 0 Å². The lowest BCUT2D eigenvalue weighted by atomic mass is 9.86. The SMILES string of the molecule is CCC(Nc1ccc(Cl)cc1)(C(=O)OC)c1ccccc1. The van der Waals surface area contributed by atoms with Crippen molar-refractivity contribution in [2.75, 3.05) is 12.4 Å². The second-order valence-corrected chi connectivity index (χ2v) is 5.18. The van der Waals surface area contributed by atoms with Crippen LogP contribution in [0.5, 0.6) is 0 Å². The van der Waals surface area contributed by atoms with Crippen LogP contribution < -0.4 is 5.32 Å². The van der Waals surface area contributed by atoms with E-state index >= 15 is 0 Å². The Morgan fingerprint density at radius 3 is 2.29 bits per heavy atom. The van der Waals surface area contributed by atoms with E-state index in [2.05, 4.69) is 5.32 Å². The molecule has 2 aromatic carbocycles. The molecule has 0 aliphatic rings. The van der Waals surface area contributed by atoms with Gasteiger partial charge in [-0.05, 0) is 36.2 Å². The Hall–Kier alpha value is -2.00. The Morgan fingerprint density at radius 2 is 1.76 bits per heavy atom. The minimum absolute atomic E-state index is 0.314. The first-order valence-corrected chi connectivity index (χ1v) is 7.18. The van der Waals surface area contributed by atoms with E-state index in [4.69, 9.17) is 16.3 Å². The van der Waals surface area contributed by atoms with Gasteiger partial charge < -0.3 is 10.1 Å². The van der Waals surface area contributed by atoms with E-state index in [1.165, 1.54) is 7.11 Å². The molecule has 0 bridgehead atoms. The van der Waals surface area contributed by atoms with E-state index in [9.17, 15) is 4.79 Å². The van der Waals surface area contributed by atoms with Gasteiger partial charge in [-0.1, -0.05) is 48.9 Å². The molecule has 0 aliphatic heterocycles. The smallest absolute Gasteiger partial charge is 0.336 e. The van der Waals surface area contributed by atoms with Crippen molar-refractivity contribution in [3.05, 3.63) is 65.2 Å². The first-order chi connectivity index (χ1) is 10.1. The lowest BCUT2D eigenvalue weighted by molar-refractivity contribution is -0.146. The number of benzene rings is 2. The number of nitrogens with one attached hydrogen (secondary N) is 1. The molecular formula is C17H18ClNO2. The third-order valence-electron chi connectivity index (χ3n) is 3.53. The number of hydrogen-bond donors (Lipinski definition) is 1. The van der Waals surface area contributed by atoms with Crippen LogP contribution in [0.15, 0.2) is 54.6 Å². The average Bonchev–Trinajstić information content (AvgIpc) is 2.54. The molecule has 0 aliphatic carbocycles. The zero-order chi connectivity index (χ0) is 15.3. The minimum atomic E-state index is -0.913. The Morgan fingerprint density at radius 1 is 1.14 bits per heavy atom. The van der Waals surface area contributed by atoms with Crippen molar-refractivity contribution in [3.63, 3.8) is 0 Å². The topological polar surface area (TPSA) is 38.3 Å². The largest absolute Gasteiger partial charge is 0.467 e. The van der Waals surface area contributed by atoms with Crippen molar-refractivity contribution in [1.82, 2.24) is 0 Å². The summed E-state index contributed by atoms with van der Waals surface area (Å²) in [5, 5.41) is 3.96. The Labute approximate surface area is 129 Å². The zero-order valence-corrected chi connectivity index (χ0v) is 12.9. The van der Waals surface area contributed by atoms with Crippen molar-refractivity contribution in [2.45, 2.75) is 18.9 Å². The standard InChI is InChI=1S/C17H18ClNO2/c1-3-17(16(20)21-2,13-7-5-4-6-8-13)19-15-11-9-14(18)10-12-15/h4-12,19H,3H2,1-2H3. The van der Waals surface area contributed by atoms with Crippen LogP contribution in [0.1, 0.15) is 18.9 Å². The maximum Gasteiger partial charge on any atom is 0.336 e.